The van der Waals surface area contributed by atoms with Gasteiger partial charge in [-0.3, -0.25) is 14.3 Å². The highest BCUT2D eigenvalue weighted by Crippen LogP contribution is 2.26. The normalized spacial score (nSPS) is 11.7. The number of alkyl halides is 3. The molecule has 2 heterocycles. The monoisotopic (exact) mass is 346 g/mol. The van der Waals surface area contributed by atoms with Crippen LogP contribution in [0.3, 0.4) is 0 Å². The second-order valence-electron chi connectivity index (χ2n) is 4.40. The summed E-state index contributed by atoms with van der Waals surface area (Å²) in [5.41, 5.74) is 0.720. The molecule has 0 atom stereocenters. The maximum absolute atomic E-state index is 12.3. The molecule has 0 radical (unpaired) electrons. The lowest BCUT2D eigenvalue weighted by Crippen LogP contribution is -2.24. The first kappa shape index (κ1) is 17.4. The van der Waals surface area contributed by atoms with Crippen LogP contribution in [0.5, 0.6) is 0 Å². The van der Waals surface area contributed by atoms with Crippen molar-refractivity contribution in [2.24, 2.45) is 0 Å². The Hall–Kier alpha value is -1.94. The van der Waals surface area contributed by atoms with Crippen LogP contribution >= 0.6 is 11.8 Å². The SMILES string of the molecule is COCCn1c(SCC(=O)C(F)(F)F)nnc1-c1ccncc1. The molecule has 2 aromatic rings. The van der Waals surface area contributed by atoms with E-state index in [4.69, 9.17) is 4.74 Å². The highest BCUT2D eigenvalue weighted by Gasteiger charge is 2.38. The summed E-state index contributed by atoms with van der Waals surface area (Å²) in [6, 6.07) is 3.42. The molecule has 124 valence electrons. The Balaban J connectivity index is 2.22. The molecule has 2 rings (SSSR count). The van der Waals surface area contributed by atoms with Crippen LogP contribution in [-0.2, 0) is 16.1 Å². The Kier molecular flexibility index (Phi) is 5.72. The molecule has 0 saturated heterocycles. The molecular formula is C13H13F3N4O2S. The molecule has 0 saturated carbocycles. The van der Waals surface area contributed by atoms with E-state index >= 15 is 0 Å². The van der Waals surface area contributed by atoms with E-state index in [9.17, 15) is 18.0 Å². The summed E-state index contributed by atoms with van der Waals surface area (Å²) in [5, 5.41) is 8.10. The average Bonchev–Trinajstić information content (AvgIpc) is 2.93. The number of carbonyl (C=O) groups is 1. The van der Waals surface area contributed by atoms with E-state index in [1.807, 2.05) is 0 Å². The van der Waals surface area contributed by atoms with Crippen molar-refractivity contribution in [2.75, 3.05) is 19.5 Å². The largest absolute Gasteiger partial charge is 0.450 e. The van der Waals surface area contributed by atoms with Crippen molar-refractivity contribution >= 4 is 17.5 Å². The molecule has 6 nitrogen and oxygen atoms in total. The van der Waals surface area contributed by atoms with E-state index in [0.29, 0.717) is 30.7 Å². The van der Waals surface area contributed by atoms with Gasteiger partial charge >= 0.3 is 6.18 Å². The molecule has 0 aliphatic rings. The number of Topliss-reactive ketones (excluding diaryl/α,β-unsaturated/α-hetero) is 1. The standard InChI is InChI=1S/C13H13F3N4O2S/c1-22-7-6-20-11(9-2-4-17-5-3-9)18-19-12(20)23-8-10(21)13(14,15)16/h2-5H,6-8H2,1H3. The summed E-state index contributed by atoms with van der Waals surface area (Å²) in [6.07, 6.45) is -1.70. The molecule has 0 unspecified atom stereocenters. The number of rotatable bonds is 7. The van der Waals surface area contributed by atoms with Gasteiger partial charge in [-0.25, -0.2) is 0 Å². The zero-order valence-corrected chi connectivity index (χ0v) is 12.9. The number of methoxy groups -OCH3 is 1. The predicted molar refractivity (Wildman–Crippen MR) is 76.9 cm³/mol. The zero-order chi connectivity index (χ0) is 16.9. The number of pyridine rings is 1. The molecular weight excluding hydrogens is 333 g/mol. The fraction of sp³-hybridized carbons (Fsp3) is 0.385. The van der Waals surface area contributed by atoms with Crippen LogP contribution in [0.25, 0.3) is 11.4 Å². The van der Waals surface area contributed by atoms with Gasteiger partial charge in [0.2, 0.25) is 5.78 Å². The zero-order valence-electron chi connectivity index (χ0n) is 12.1. The Bertz CT molecular complexity index is 661. The minimum atomic E-state index is -4.85. The van der Waals surface area contributed by atoms with Gasteiger partial charge in [-0.1, -0.05) is 11.8 Å². The fourth-order valence-corrected chi connectivity index (χ4v) is 2.56. The minimum Gasteiger partial charge on any atom is -0.383 e. The van der Waals surface area contributed by atoms with E-state index < -0.39 is 17.7 Å². The number of ether oxygens (including phenoxy) is 1. The smallest absolute Gasteiger partial charge is 0.383 e. The van der Waals surface area contributed by atoms with Gasteiger partial charge in [-0.05, 0) is 12.1 Å². The van der Waals surface area contributed by atoms with Crippen molar-refractivity contribution in [2.45, 2.75) is 17.9 Å². The quantitative estimate of drug-likeness (QED) is 0.716. The third-order valence-corrected chi connectivity index (χ3v) is 3.79. The summed E-state index contributed by atoms with van der Waals surface area (Å²) in [6.45, 7) is 0.681. The fourth-order valence-electron chi connectivity index (χ4n) is 1.71. The van der Waals surface area contributed by atoms with Crippen LogP contribution in [0, 0.1) is 0 Å². The number of halogens is 3. The Morgan fingerprint density at radius 1 is 1.30 bits per heavy atom. The van der Waals surface area contributed by atoms with Crippen molar-refractivity contribution in [3.63, 3.8) is 0 Å². The van der Waals surface area contributed by atoms with Crippen LogP contribution in [0.1, 0.15) is 0 Å². The van der Waals surface area contributed by atoms with E-state index in [-0.39, 0.29) is 5.16 Å². The van der Waals surface area contributed by atoms with Gasteiger partial charge in [-0.15, -0.1) is 10.2 Å². The lowest BCUT2D eigenvalue weighted by atomic mass is 10.2. The number of aromatic nitrogens is 4. The molecule has 0 aromatic carbocycles. The number of thioether (sulfide) groups is 1. The molecule has 0 aliphatic carbocycles. The predicted octanol–water partition coefficient (Wildman–Crippen LogP) is 2.21. The summed E-state index contributed by atoms with van der Waals surface area (Å²) in [7, 11) is 1.51. The summed E-state index contributed by atoms with van der Waals surface area (Å²) in [5.74, 6) is -2.08. The molecule has 0 bridgehead atoms. The molecule has 0 aliphatic heterocycles. The first-order valence-electron chi connectivity index (χ1n) is 6.49. The number of ketones is 1. The molecule has 0 amide bonds. The number of nitrogens with zero attached hydrogens (tertiary/aromatic N) is 4. The molecule has 0 spiro atoms. The third kappa shape index (κ3) is 4.52. The van der Waals surface area contributed by atoms with Crippen molar-refractivity contribution in [1.82, 2.24) is 19.7 Å². The van der Waals surface area contributed by atoms with E-state index in [0.717, 1.165) is 5.56 Å². The van der Waals surface area contributed by atoms with Gasteiger partial charge in [0, 0.05) is 25.1 Å². The molecule has 23 heavy (non-hydrogen) atoms. The maximum atomic E-state index is 12.3. The minimum absolute atomic E-state index is 0.228. The number of hydrogen-bond acceptors (Lipinski definition) is 6. The van der Waals surface area contributed by atoms with Gasteiger partial charge < -0.3 is 4.74 Å². The van der Waals surface area contributed by atoms with Crippen molar-refractivity contribution < 1.29 is 22.7 Å². The average molecular weight is 346 g/mol. The van der Waals surface area contributed by atoms with Crippen LogP contribution in [0.4, 0.5) is 13.2 Å². The molecule has 10 heteroatoms. The highest BCUT2D eigenvalue weighted by atomic mass is 32.2. The van der Waals surface area contributed by atoms with Crippen molar-refractivity contribution in [1.29, 1.82) is 0 Å². The van der Waals surface area contributed by atoms with Crippen molar-refractivity contribution in [3.8, 4) is 11.4 Å². The van der Waals surface area contributed by atoms with Crippen molar-refractivity contribution in [3.05, 3.63) is 24.5 Å². The van der Waals surface area contributed by atoms with Crippen LogP contribution in [-0.4, -0.2) is 51.2 Å². The maximum Gasteiger partial charge on any atom is 0.450 e. The third-order valence-electron chi connectivity index (χ3n) is 2.82. The summed E-state index contributed by atoms with van der Waals surface area (Å²) in [4.78, 5) is 14.9. The Morgan fingerprint density at radius 3 is 2.61 bits per heavy atom. The number of carbonyl (C=O) groups excluding carboxylic acids is 1. The molecule has 0 fully saturated rings. The van der Waals surface area contributed by atoms with E-state index in [1.165, 1.54) is 7.11 Å². The molecule has 2 aromatic heterocycles. The van der Waals surface area contributed by atoms with E-state index in [1.54, 1.807) is 29.1 Å². The highest BCUT2D eigenvalue weighted by molar-refractivity contribution is 7.99. The Morgan fingerprint density at radius 2 is 2.00 bits per heavy atom. The first-order valence-corrected chi connectivity index (χ1v) is 7.47. The van der Waals surface area contributed by atoms with Crippen LogP contribution in [0.2, 0.25) is 0 Å². The van der Waals surface area contributed by atoms with Gasteiger partial charge in [0.25, 0.3) is 0 Å². The topological polar surface area (TPSA) is 69.9 Å². The molecule has 0 N–H and O–H groups in total. The van der Waals surface area contributed by atoms with E-state index in [2.05, 4.69) is 15.2 Å². The lowest BCUT2D eigenvalue weighted by molar-refractivity contribution is -0.167. The number of hydrogen-bond donors (Lipinski definition) is 0. The van der Waals surface area contributed by atoms with Gasteiger partial charge in [0.05, 0.1) is 18.9 Å². The lowest BCUT2D eigenvalue weighted by Gasteiger charge is -2.09. The summed E-state index contributed by atoms with van der Waals surface area (Å²) < 4.78 is 43.5. The second kappa shape index (κ2) is 7.55. The second-order valence-corrected chi connectivity index (χ2v) is 5.34. The summed E-state index contributed by atoms with van der Waals surface area (Å²) >= 11 is 0.697. The van der Waals surface area contributed by atoms with Crippen LogP contribution < -0.4 is 0 Å². The van der Waals surface area contributed by atoms with Gasteiger partial charge in [-0.2, -0.15) is 13.2 Å². The first-order chi connectivity index (χ1) is 10.9. The van der Waals surface area contributed by atoms with Crippen LogP contribution in [0.15, 0.2) is 29.7 Å². The Labute approximate surface area is 134 Å². The van der Waals surface area contributed by atoms with Gasteiger partial charge in [0.1, 0.15) is 0 Å². The van der Waals surface area contributed by atoms with Gasteiger partial charge in [0.15, 0.2) is 11.0 Å².